The molecule has 1 atom stereocenters. The molecule has 1 aromatic rings. The molecule has 0 aromatic heterocycles. The lowest BCUT2D eigenvalue weighted by molar-refractivity contribution is 0.0690. The molecule has 1 unspecified atom stereocenters. The van der Waals surface area contributed by atoms with Crippen molar-refractivity contribution >= 4 is 11.7 Å². The van der Waals surface area contributed by atoms with Crippen molar-refractivity contribution in [3.8, 4) is 0 Å². The van der Waals surface area contributed by atoms with E-state index in [-0.39, 0.29) is 17.1 Å². The molecule has 0 saturated heterocycles. The predicted octanol–water partition coefficient (Wildman–Crippen LogP) is 3.51. The first-order valence-electron chi connectivity index (χ1n) is 5.62. The third-order valence-corrected chi connectivity index (χ3v) is 2.98. The normalized spacial score (nSPS) is 13.2. The zero-order valence-corrected chi connectivity index (χ0v) is 10.8. The number of benzene rings is 1. The second-order valence-electron chi connectivity index (χ2n) is 5.33. The van der Waals surface area contributed by atoms with Gasteiger partial charge in [-0.2, -0.15) is 0 Å². The Morgan fingerprint density at radius 3 is 2.28 bits per heavy atom. The monoisotopic (exact) mass is 257 g/mol. The van der Waals surface area contributed by atoms with Crippen LogP contribution in [0.3, 0.4) is 0 Å². The molecular weight excluding hydrogens is 240 g/mol. The standard InChI is InChI=1S/C13H17F2NO2/c1-7(13(2,3)4)16-9-6-5-8(12(17)18)10(14)11(9)15/h5-7,16H,1-4H3,(H,17,18). The Hall–Kier alpha value is -1.65. The average molecular weight is 257 g/mol. The van der Waals surface area contributed by atoms with Gasteiger partial charge in [-0.15, -0.1) is 0 Å². The molecule has 100 valence electrons. The number of hydrogen-bond acceptors (Lipinski definition) is 2. The Balaban J connectivity index is 3.07. The SMILES string of the molecule is CC(Nc1ccc(C(=O)O)c(F)c1F)C(C)(C)C. The van der Waals surface area contributed by atoms with Gasteiger partial charge < -0.3 is 10.4 Å². The number of carboxylic acid groups (broad SMARTS) is 1. The van der Waals surface area contributed by atoms with Gasteiger partial charge in [-0.1, -0.05) is 20.8 Å². The van der Waals surface area contributed by atoms with Crippen LogP contribution in [-0.2, 0) is 0 Å². The van der Waals surface area contributed by atoms with E-state index in [1.54, 1.807) is 0 Å². The Labute approximate surface area is 105 Å². The second-order valence-corrected chi connectivity index (χ2v) is 5.33. The summed E-state index contributed by atoms with van der Waals surface area (Å²) < 4.78 is 27.1. The minimum atomic E-state index is -1.48. The zero-order valence-electron chi connectivity index (χ0n) is 10.8. The Kier molecular flexibility index (Phi) is 3.94. The van der Waals surface area contributed by atoms with Crippen LogP contribution < -0.4 is 5.32 Å². The van der Waals surface area contributed by atoms with Crippen LogP contribution in [0.5, 0.6) is 0 Å². The van der Waals surface area contributed by atoms with Crippen molar-refractivity contribution in [1.82, 2.24) is 0 Å². The molecular formula is C13H17F2NO2. The molecule has 0 fully saturated rings. The highest BCUT2D eigenvalue weighted by atomic mass is 19.2. The molecule has 18 heavy (non-hydrogen) atoms. The predicted molar refractivity (Wildman–Crippen MR) is 65.9 cm³/mol. The number of aromatic carboxylic acids is 1. The number of halogens is 2. The maximum absolute atomic E-state index is 13.7. The molecule has 2 N–H and O–H groups in total. The quantitative estimate of drug-likeness (QED) is 0.871. The van der Waals surface area contributed by atoms with E-state index in [0.717, 1.165) is 6.07 Å². The molecule has 1 rings (SSSR count). The van der Waals surface area contributed by atoms with E-state index in [9.17, 15) is 13.6 Å². The van der Waals surface area contributed by atoms with Gasteiger partial charge in [0.15, 0.2) is 11.6 Å². The van der Waals surface area contributed by atoms with Crippen LogP contribution in [0.2, 0.25) is 0 Å². The van der Waals surface area contributed by atoms with Gasteiger partial charge in [-0.3, -0.25) is 0 Å². The van der Waals surface area contributed by atoms with Gasteiger partial charge in [-0.25, -0.2) is 13.6 Å². The molecule has 0 saturated carbocycles. The number of carbonyl (C=O) groups is 1. The first-order valence-corrected chi connectivity index (χ1v) is 5.62. The molecule has 0 spiro atoms. The van der Waals surface area contributed by atoms with Crippen molar-refractivity contribution in [2.24, 2.45) is 5.41 Å². The van der Waals surface area contributed by atoms with E-state index in [4.69, 9.17) is 5.11 Å². The lowest BCUT2D eigenvalue weighted by atomic mass is 9.88. The molecule has 0 amide bonds. The van der Waals surface area contributed by atoms with Gasteiger partial charge in [0.2, 0.25) is 0 Å². The Bertz CT molecular complexity index is 467. The van der Waals surface area contributed by atoms with Crippen LogP contribution in [-0.4, -0.2) is 17.1 Å². The number of carboxylic acids is 1. The molecule has 0 bridgehead atoms. The first-order chi connectivity index (χ1) is 8.14. The summed E-state index contributed by atoms with van der Waals surface area (Å²) in [5.41, 5.74) is -0.824. The summed E-state index contributed by atoms with van der Waals surface area (Å²) in [6, 6.07) is 2.20. The van der Waals surface area contributed by atoms with E-state index in [1.807, 2.05) is 27.7 Å². The van der Waals surface area contributed by atoms with Crippen molar-refractivity contribution in [1.29, 1.82) is 0 Å². The van der Waals surface area contributed by atoms with Crippen LogP contribution in [0.15, 0.2) is 12.1 Å². The number of hydrogen-bond donors (Lipinski definition) is 2. The zero-order chi connectivity index (χ0) is 14.1. The van der Waals surface area contributed by atoms with E-state index in [0.29, 0.717) is 0 Å². The first kappa shape index (κ1) is 14.4. The summed E-state index contributed by atoms with van der Waals surface area (Å²) in [4.78, 5) is 10.6. The van der Waals surface area contributed by atoms with Gasteiger partial charge >= 0.3 is 5.97 Å². The van der Waals surface area contributed by atoms with Gasteiger partial charge in [0.05, 0.1) is 11.3 Å². The highest BCUT2D eigenvalue weighted by Crippen LogP contribution is 2.26. The Morgan fingerprint density at radius 2 is 1.83 bits per heavy atom. The fourth-order valence-corrected chi connectivity index (χ4v) is 1.28. The van der Waals surface area contributed by atoms with E-state index < -0.39 is 23.2 Å². The van der Waals surface area contributed by atoms with Crippen molar-refractivity contribution < 1.29 is 18.7 Å². The highest BCUT2D eigenvalue weighted by Gasteiger charge is 2.23. The summed E-state index contributed by atoms with van der Waals surface area (Å²) >= 11 is 0. The summed E-state index contributed by atoms with van der Waals surface area (Å²) in [6.07, 6.45) is 0. The molecule has 5 heteroatoms. The number of rotatable bonds is 3. The van der Waals surface area contributed by atoms with E-state index in [1.165, 1.54) is 6.07 Å². The second kappa shape index (κ2) is 4.92. The van der Waals surface area contributed by atoms with Gasteiger partial charge in [0, 0.05) is 6.04 Å². The van der Waals surface area contributed by atoms with Crippen LogP contribution in [0.1, 0.15) is 38.1 Å². The van der Waals surface area contributed by atoms with E-state index in [2.05, 4.69) is 5.32 Å². The van der Waals surface area contributed by atoms with Crippen molar-refractivity contribution in [2.45, 2.75) is 33.7 Å². The van der Waals surface area contributed by atoms with Crippen molar-refractivity contribution in [2.75, 3.05) is 5.32 Å². The maximum atomic E-state index is 13.7. The fraction of sp³-hybridized carbons (Fsp3) is 0.462. The minimum Gasteiger partial charge on any atom is -0.478 e. The molecule has 0 heterocycles. The molecule has 3 nitrogen and oxygen atoms in total. The van der Waals surface area contributed by atoms with Gasteiger partial charge in [0.25, 0.3) is 0 Å². The van der Waals surface area contributed by atoms with Crippen LogP contribution in [0, 0.1) is 17.0 Å². The lowest BCUT2D eigenvalue weighted by Crippen LogP contribution is -2.31. The molecule has 0 aliphatic carbocycles. The Morgan fingerprint density at radius 1 is 1.28 bits per heavy atom. The molecule has 0 aliphatic rings. The average Bonchev–Trinajstić information content (AvgIpc) is 2.22. The smallest absolute Gasteiger partial charge is 0.338 e. The minimum absolute atomic E-state index is 0.0278. The summed E-state index contributed by atoms with van der Waals surface area (Å²) in [5.74, 6) is -3.98. The maximum Gasteiger partial charge on any atom is 0.338 e. The number of anilines is 1. The van der Waals surface area contributed by atoms with Crippen molar-refractivity contribution in [3.05, 3.63) is 29.3 Å². The summed E-state index contributed by atoms with van der Waals surface area (Å²) in [6.45, 7) is 7.74. The van der Waals surface area contributed by atoms with Crippen LogP contribution in [0.25, 0.3) is 0 Å². The van der Waals surface area contributed by atoms with Crippen LogP contribution >= 0.6 is 0 Å². The van der Waals surface area contributed by atoms with Gasteiger partial charge in [-0.05, 0) is 24.5 Å². The molecule has 0 radical (unpaired) electrons. The highest BCUT2D eigenvalue weighted by molar-refractivity contribution is 5.88. The summed E-state index contributed by atoms with van der Waals surface area (Å²) in [5, 5.41) is 11.5. The fourth-order valence-electron chi connectivity index (χ4n) is 1.28. The summed E-state index contributed by atoms with van der Waals surface area (Å²) in [7, 11) is 0. The van der Waals surface area contributed by atoms with Crippen molar-refractivity contribution in [3.63, 3.8) is 0 Å². The van der Waals surface area contributed by atoms with Crippen LogP contribution in [0.4, 0.5) is 14.5 Å². The third kappa shape index (κ3) is 2.97. The molecule has 1 aromatic carbocycles. The molecule has 0 aliphatic heterocycles. The topological polar surface area (TPSA) is 49.3 Å². The lowest BCUT2D eigenvalue weighted by Gasteiger charge is -2.29. The third-order valence-electron chi connectivity index (χ3n) is 2.98. The number of nitrogens with one attached hydrogen (secondary N) is 1. The largest absolute Gasteiger partial charge is 0.478 e. The van der Waals surface area contributed by atoms with E-state index >= 15 is 0 Å². The van der Waals surface area contributed by atoms with Gasteiger partial charge in [0.1, 0.15) is 0 Å².